The third kappa shape index (κ3) is 4.91. The number of hydrogen-bond acceptors (Lipinski definition) is 2. The molecule has 0 heterocycles. The van der Waals surface area contributed by atoms with E-state index in [1.54, 1.807) is 12.1 Å². The van der Waals surface area contributed by atoms with Crippen molar-refractivity contribution in [3.63, 3.8) is 0 Å². The van der Waals surface area contributed by atoms with E-state index in [0.717, 1.165) is 5.69 Å². The van der Waals surface area contributed by atoms with E-state index in [1.165, 1.54) is 23.3 Å². The zero-order valence-electron chi connectivity index (χ0n) is 12.2. The summed E-state index contributed by atoms with van der Waals surface area (Å²) < 4.78 is 12.8. The van der Waals surface area contributed by atoms with E-state index < -0.39 is 0 Å². The third-order valence-corrected chi connectivity index (χ3v) is 3.03. The highest BCUT2D eigenvalue weighted by Crippen LogP contribution is 2.14. The number of benzene rings is 2. The van der Waals surface area contributed by atoms with Crippen LogP contribution in [0.5, 0.6) is 0 Å². The number of anilines is 2. The molecule has 0 saturated carbocycles. The number of rotatable bonds is 5. The van der Waals surface area contributed by atoms with Crippen LogP contribution in [0.1, 0.15) is 17.5 Å². The number of amides is 1. The smallest absolute Gasteiger partial charge is 0.226 e. The van der Waals surface area contributed by atoms with Crippen molar-refractivity contribution in [1.82, 2.24) is 0 Å². The van der Waals surface area contributed by atoms with Gasteiger partial charge in [-0.2, -0.15) is 0 Å². The van der Waals surface area contributed by atoms with Gasteiger partial charge in [0.1, 0.15) is 5.82 Å². The molecular formula is C17H19FN2O. The van der Waals surface area contributed by atoms with E-state index >= 15 is 0 Å². The second kappa shape index (κ2) is 6.88. The van der Waals surface area contributed by atoms with Gasteiger partial charge in [-0.25, -0.2) is 4.39 Å². The van der Waals surface area contributed by atoms with Crippen molar-refractivity contribution in [2.45, 2.75) is 20.3 Å². The lowest BCUT2D eigenvalue weighted by Crippen LogP contribution is -2.16. The lowest BCUT2D eigenvalue weighted by molar-refractivity contribution is -0.115. The normalized spacial score (nSPS) is 10.2. The third-order valence-electron chi connectivity index (χ3n) is 3.03. The van der Waals surface area contributed by atoms with Gasteiger partial charge >= 0.3 is 0 Å². The second-order valence-electron chi connectivity index (χ2n) is 5.11. The Morgan fingerprint density at radius 3 is 2.24 bits per heavy atom. The van der Waals surface area contributed by atoms with Crippen LogP contribution in [0, 0.1) is 19.7 Å². The van der Waals surface area contributed by atoms with Crippen molar-refractivity contribution < 1.29 is 9.18 Å². The number of carbonyl (C=O) groups is 1. The molecule has 0 saturated heterocycles. The van der Waals surface area contributed by atoms with E-state index in [0.29, 0.717) is 18.7 Å². The highest BCUT2D eigenvalue weighted by molar-refractivity contribution is 5.90. The Labute approximate surface area is 124 Å². The van der Waals surface area contributed by atoms with Gasteiger partial charge in [0.25, 0.3) is 0 Å². The maximum absolute atomic E-state index is 12.8. The maximum atomic E-state index is 12.8. The Hall–Kier alpha value is -2.36. The minimum atomic E-state index is -0.315. The summed E-state index contributed by atoms with van der Waals surface area (Å²) in [7, 11) is 0. The molecule has 0 atom stereocenters. The SMILES string of the molecule is Cc1cc(C)cc(NCCC(=O)Nc2ccc(F)cc2)c1. The first-order valence-electron chi connectivity index (χ1n) is 6.90. The molecule has 1 amide bonds. The minimum Gasteiger partial charge on any atom is -0.385 e. The molecule has 0 fully saturated rings. The molecule has 0 aromatic heterocycles. The number of aryl methyl sites for hydroxylation is 2. The predicted octanol–water partition coefficient (Wildman–Crippen LogP) is 3.88. The highest BCUT2D eigenvalue weighted by Gasteiger charge is 2.03. The summed E-state index contributed by atoms with van der Waals surface area (Å²) in [6.45, 7) is 4.63. The monoisotopic (exact) mass is 286 g/mol. The van der Waals surface area contributed by atoms with Crippen molar-refractivity contribution in [1.29, 1.82) is 0 Å². The number of carbonyl (C=O) groups excluding carboxylic acids is 1. The standard InChI is InChI=1S/C17H19FN2O/c1-12-9-13(2)11-16(10-12)19-8-7-17(21)20-15-5-3-14(18)4-6-15/h3-6,9-11,19H,7-8H2,1-2H3,(H,20,21). The highest BCUT2D eigenvalue weighted by atomic mass is 19.1. The molecule has 0 aliphatic heterocycles. The summed E-state index contributed by atoms with van der Waals surface area (Å²) >= 11 is 0. The van der Waals surface area contributed by atoms with Crippen LogP contribution in [-0.4, -0.2) is 12.5 Å². The first-order valence-corrected chi connectivity index (χ1v) is 6.90. The molecule has 3 nitrogen and oxygen atoms in total. The van der Waals surface area contributed by atoms with Crippen molar-refractivity contribution >= 4 is 17.3 Å². The number of nitrogens with one attached hydrogen (secondary N) is 2. The van der Waals surface area contributed by atoms with Gasteiger partial charge in [-0.3, -0.25) is 4.79 Å². The fourth-order valence-electron chi connectivity index (χ4n) is 2.15. The van der Waals surface area contributed by atoms with E-state index in [-0.39, 0.29) is 11.7 Å². The topological polar surface area (TPSA) is 41.1 Å². The van der Waals surface area contributed by atoms with Crippen LogP contribution in [0.4, 0.5) is 15.8 Å². The van der Waals surface area contributed by atoms with E-state index in [2.05, 4.69) is 16.7 Å². The number of hydrogen-bond donors (Lipinski definition) is 2. The molecule has 4 heteroatoms. The molecule has 2 N–H and O–H groups in total. The summed E-state index contributed by atoms with van der Waals surface area (Å²) in [5.74, 6) is -0.414. The summed E-state index contributed by atoms with van der Waals surface area (Å²) in [6.07, 6.45) is 0.352. The molecule has 0 spiro atoms. The van der Waals surface area contributed by atoms with Gasteiger partial charge in [-0.15, -0.1) is 0 Å². The average molecular weight is 286 g/mol. The Bertz CT molecular complexity index is 603. The summed E-state index contributed by atoms with van der Waals surface area (Å²) in [4.78, 5) is 11.8. The van der Waals surface area contributed by atoms with Crippen molar-refractivity contribution in [2.24, 2.45) is 0 Å². The van der Waals surface area contributed by atoms with Crippen LogP contribution in [0.15, 0.2) is 42.5 Å². The van der Waals surface area contributed by atoms with Crippen LogP contribution in [0.25, 0.3) is 0 Å². The lowest BCUT2D eigenvalue weighted by Gasteiger charge is -2.09. The van der Waals surface area contributed by atoms with E-state index in [1.807, 2.05) is 26.0 Å². The molecule has 0 radical (unpaired) electrons. The molecule has 0 aliphatic rings. The largest absolute Gasteiger partial charge is 0.385 e. The van der Waals surface area contributed by atoms with Gasteiger partial charge in [-0.1, -0.05) is 6.07 Å². The molecule has 21 heavy (non-hydrogen) atoms. The molecule has 110 valence electrons. The fraction of sp³-hybridized carbons (Fsp3) is 0.235. The first-order chi connectivity index (χ1) is 10.0. The fourth-order valence-corrected chi connectivity index (χ4v) is 2.15. The van der Waals surface area contributed by atoms with Crippen molar-refractivity contribution in [2.75, 3.05) is 17.2 Å². The minimum absolute atomic E-state index is 0.0986. The van der Waals surface area contributed by atoms with Gasteiger partial charge in [-0.05, 0) is 61.4 Å². The lowest BCUT2D eigenvalue weighted by atomic mass is 10.1. The summed E-state index contributed by atoms with van der Waals surface area (Å²) in [6, 6.07) is 11.9. The zero-order valence-corrected chi connectivity index (χ0v) is 12.2. The van der Waals surface area contributed by atoms with E-state index in [9.17, 15) is 9.18 Å². The van der Waals surface area contributed by atoms with Gasteiger partial charge in [0, 0.05) is 24.3 Å². The van der Waals surface area contributed by atoms with Crippen LogP contribution in [0.2, 0.25) is 0 Å². The summed E-state index contributed by atoms with van der Waals surface area (Å²) in [5, 5.41) is 5.96. The molecule has 0 bridgehead atoms. The van der Waals surface area contributed by atoms with E-state index in [4.69, 9.17) is 0 Å². The van der Waals surface area contributed by atoms with Gasteiger partial charge in [0.15, 0.2) is 0 Å². The quantitative estimate of drug-likeness (QED) is 0.875. The van der Waals surface area contributed by atoms with Crippen LogP contribution < -0.4 is 10.6 Å². The first kappa shape index (κ1) is 15.0. The molecule has 0 unspecified atom stereocenters. The maximum Gasteiger partial charge on any atom is 0.226 e. The Morgan fingerprint density at radius 1 is 1.00 bits per heavy atom. The average Bonchev–Trinajstić information content (AvgIpc) is 2.40. The Balaban J connectivity index is 1.80. The van der Waals surface area contributed by atoms with Crippen molar-refractivity contribution in [3.05, 3.63) is 59.4 Å². The molecule has 2 aromatic carbocycles. The number of halogens is 1. The van der Waals surface area contributed by atoms with Crippen LogP contribution >= 0.6 is 0 Å². The molecular weight excluding hydrogens is 267 g/mol. The zero-order chi connectivity index (χ0) is 15.2. The van der Waals surface area contributed by atoms with Crippen LogP contribution in [-0.2, 0) is 4.79 Å². The predicted molar refractivity (Wildman–Crippen MR) is 84.1 cm³/mol. The Kier molecular flexibility index (Phi) is 4.93. The Morgan fingerprint density at radius 2 is 1.62 bits per heavy atom. The molecule has 2 rings (SSSR count). The van der Waals surface area contributed by atoms with Gasteiger partial charge in [0.2, 0.25) is 5.91 Å². The van der Waals surface area contributed by atoms with Crippen LogP contribution in [0.3, 0.4) is 0 Å². The molecule has 2 aromatic rings. The van der Waals surface area contributed by atoms with Gasteiger partial charge < -0.3 is 10.6 Å². The second-order valence-corrected chi connectivity index (χ2v) is 5.11. The summed E-state index contributed by atoms with van der Waals surface area (Å²) in [5.41, 5.74) is 4.00. The molecule has 0 aliphatic carbocycles. The van der Waals surface area contributed by atoms with Gasteiger partial charge in [0.05, 0.1) is 0 Å². The van der Waals surface area contributed by atoms with Crippen molar-refractivity contribution in [3.8, 4) is 0 Å².